The van der Waals surface area contributed by atoms with Crippen LogP contribution in [0, 0.1) is 11.8 Å². The van der Waals surface area contributed by atoms with Crippen LogP contribution >= 0.6 is 22.6 Å². The Hall–Kier alpha value is -0.440. The summed E-state index contributed by atoms with van der Waals surface area (Å²) in [7, 11) is 0. The van der Waals surface area contributed by atoms with Crippen LogP contribution < -0.4 is 5.73 Å². The Bertz CT molecular complexity index is 195. The van der Waals surface area contributed by atoms with Crippen molar-refractivity contribution < 1.29 is 9.53 Å². The Morgan fingerprint density at radius 2 is 2.42 bits per heavy atom. The van der Waals surface area contributed by atoms with Crippen LogP contribution in [0.25, 0.3) is 0 Å². The zero-order chi connectivity index (χ0) is 9.40. The molecule has 0 rings (SSSR count). The van der Waals surface area contributed by atoms with E-state index in [0.717, 1.165) is 12.8 Å². The van der Waals surface area contributed by atoms with E-state index in [9.17, 15) is 4.79 Å². The van der Waals surface area contributed by atoms with Gasteiger partial charge in [-0.15, -0.1) is 5.92 Å². The van der Waals surface area contributed by atoms with Crippen LogP contribution in [0.15, 0.2) is 0 Å². The third-order valence-electron chi connectivity index (χ3n) is 1.01. The maximum absolute atomic E-state index is 10.2. The van der Waals surface area contributed by atoms with Gasteiger partial charge in [-0.25, -0.2) is 4.79 Å². The van der Waals surface area contributed by atoms with Crippen LogP contribution in [0.2, 0.25) is 0 Å². The molecule has 0 spiro atoms. The number of rotatable bonds is 3. The van der Waals surface area contributed by atoms with Crippen molar-refractivity contribution in [2.75, 3.05) is 6.61 Å². The number of carbonyl (C=O) groups excluding carboxylic acids is 1. The molecule has 0 saturated heterocycles. The van der Waals surface area contributed by atoms with E-state index in [1.54, 1.807) is 0 Å². The standard InChI is InChI=1S/C8H12INO2/c1-2-3-4-5-7(9)6-12-8(10)11/h7H,2-3,6H2,1H3,(H2,10,11). The van der Waals surface area contributed by atoms with Gasteiger partial charge in [-0.3, -0.25) is 0 Å². The number of nitrogens with two attached hydrogens (primary N) is 1. The molecule has 3 nitrogen and oxygen atoms in total. The number of amides is 1. The van der Waals surface area contributed by atoms with E-state index in [0.29, 0.717) is 0 Å². The lowest BCUT2D eigenvalue weighted by molar-refractivity contribution is 0.161. The molecule has 1 amide bonds. The molecule has 0 aromatic carbocycles. The summed E-state index contributed by atoms with van der Waals surface area (Å²) in [5.41, 5.74) is 4.78. The highest BCUT2D eigenvalue weighted by atomic mass is 127. The van der Waals surface area contributed by atoms with Crippen LogP contribution in [0.1, 0.15) is 19.8 Å². The van der Waals surface area contributed by atoms with Gasteiger partial charge >= 0.3 is 6.09 Å². The molecule has 1 atom stereocenters. The minimum atomic E-state index is -0.742. The zero-order valence-corrected chi connectivity index (χ0v) is 9.13. The third-order valence-corrected chi connectivity index (χ3v) is 1.68. The molecule has 0 aromatic heterocycles. The van der Waals surface area contributed by atoms with E-state index in [4.69, 9.17) is 5.73 Å². The van der Waals surface area contributed by atoms with Gasteiger partial charge in [-0.1, -0.05) is 35.4 Å². The Labute approximate surface area is 86.2 Å². The Kier molecular flexibility index (Phi) is 6.96. The number of primary amides is 1. The second kappa shape index (κ2) is 7.22. The van der Waals surface area contributed by atoms with E-state index >= 15 is 0 Å². The average molecular weight is 281 g/mol. The van der Waals surface area contributed by atoms with Crippen LogP contribution in [-0.4, -0.2) is 16.6 Å². The topological polar surface area (TPSA) is 52.3 Å². The number of ether oxygens (including phenoxy) is 1. The van der Waals surface area contributed by atoms with E-state index in [2.05, 4.69) is 46.1 Å². The van der Waals surface area contributed by atoms with Gasteiger partial charge in [-0.05, 0) is 6.42 Å². The first kappa shape index (κ1) is 11.6. The molecule has 4 heteroatoms. The first-order valence-electron chi connectivity index (χ1n) is 3.71. The Balaban J connectivity index is 3.53. The van der Waals surface area contributed by atoms with Crippen molar-refractivity contribution in [3.8, 4) is 11.8 Å². The van der Waals surface area contributed by atoms with Gasteiger partial charge in [0.25, 0.3) is 0 Å². The van der Waals surface area contributed by atoms with Gasteiger partial charge < -0.3 is 10.5 Å². The van der Waals surface area contributed by atoms with Gasteiger partial charge in [0.05, 0.1) is 0 Å². The molecule has 0 saturated carbocycles. The lowest BCUT2D eigenvalue weighted by Gasteiger charge is -2.00. The fraction of sp³-hybridized carbons (Fsp3) is 0.625. The molecule has 1 unspecified atom stereocenters. The molecule has 0 aliphatic rings. The number of carbonyl (C=O) groups is 1. The van der Waals surface area contributed by atoms with Crippen molar-refractivity contribution in [3.63, 3.8) is 0 Å². The predicted octanol–water partition coefficient (Wildman–Crippen LogP) is 1.69. The third kappa shape index (κ3) is 7.66. The molecule has 68 valence electrons. The fourth-order valence-corrected chi connectivity index (χ4v) is 0.905. The minimum absolute atomic E-state index is 0.0432. The van der Waals surface area contributed by atoms with Crippen LogP contribution in [0.3, 0.4) is 0 Å². The number of hydrogen-bond donors (Lipinski definition) is 1. The molecular weight excluding hydrogens is 269 g/mol. The number of halogens is 1. The second-order valence-electron chi connectivity index (χ2n) is 2.17. The molecule has 0 fully saturated rings. The summed E-state index contributed by atoms with van der Waals surface area (Å²) in [6.07, 6.45) is 1.19. The van der Waals surface area contributed by atoms with Crippen molar-refractivity contribution in [2.45, 2.75) is 23.7 Å². The van der Waals surface area contributed by atoms with Gasteiger partial charge in [0.1, 0.15) is 10.5 Å². The van der Waals surface area contributed by atoms with Crippen LogP contribution in [-0.2, 0) is 4.74 Å². The lowest BCUT2D eigenvalue weighted by Crippen LogP contribution is -2.17. The summed E-state index contributed by atoms with van der Waals surface area (Å²) in [5, 5.41) is 0. The van der Waals surface area contributed by atoms with E-state index < -0.39 is 6.09 Å². The number of unbranched alkanes of at least 4 members (excludes halogenated alkanes) is 1. The first-order chi connectivity index (χ1) is 5.66. The lowest BCUT2D eigenvalue weighted by atomic mass is 10.3. The first-order valence-corrected chi connectivity index (χ1v) is 4.96. The van der Waals surface area contributed by atoms with Crippen molar-refractivity contribution in [1.29, 1.82) is 0 Å². The zero-order valence-electron chi connectivity index (χ0n) is 6.97. The Morgan fingerprint density at radius 1 is 1.75 bits per heavy atom. The van der Waals surface area contributed by atoms with Gasteiger partial charge in [0, 0.05) is 6.42 Å². The minimum Gasteiger partial charge on any atom is -0.448 e. The molecule has 0 bridgehead atoms. The molecule has 12 heavy (non-hydrogen) atoms. The quantitative estimate of drug-likeness (QED) is 0.486. The summed E-state index contributed by atoms with van der Waals surface area (Å²) in [6, 6.07) is 0. The van der Waals surface area contributed by atoms with Crippen molar-refractivity contribution in [3.05, 3.63) is 0 Å². The van der Waals surface area contributed by atoms with Crippen LogP contribution in [0.4, 0.5) is 4.79 Å². The maximum Gasteiger partial charge on any atom is 0.404 e. The summed E-state index contributed by atoms with van der Waals surface area (Å²) < 4.78 is 4.61. The van der Waals surface area contributed by atoms with Crippen molar-refractivity contribution in [2.24, 2.45) is 5.73 Å². The van der Waals surface area contributed by atoms with E-state index in [1.807, 2.05) is 0 Å². The molecule has 0 aliphatic heterocycles. The molecule has 0 radical (unpaired) electrons. The highest BCUT2D eigenvalue weighted by Gasteiger charge is 2.00. The SMILES string of the molecule is CCCC#CC(I)COC(N)=O. The number of alkyl halides is 1. The van der Waals surface area contributed by atoms with Gasteiger partial charge in [0.2, 0.25) is 0 Å². The normalized spacial score (nSPS) is 11.2. The maximum atomic E-state index is 10.2. The van der Waals surface area contributed by atoms with E-state index in [-0.39, 0.29) is 10.5 Å². The second-order valence-corrected chi connectivity index (χ2v) is 3.67. The number of hydrogen-bond acceptors (Lipinski definition) is 2. The fourth-order valence-electron chi connectivity index (χ4n) is 0.505. The predicted molar refractivity (Wildman–Crippen MR) is 56.0 cm³/mol. The van der Waals surface area contributed by atoms with E-state index in [1.165, 1.54) is 0 Å². The average Bonchev–Trinajstić information content (AvgIpc) is 2.01. The highest BCUT2D eigenvalue weighted by Crippen LogP contribution is 1.99. The largest absolute Gasteiger partial charge is 0.448 e. The van der Waals surface area contributed by atoms with Crippen molar-refractivity contribution >= 4 is 28.7 Å². The molecular formula is C8H12INO2. The summed E-state index contributed by atoms with van der Waals surface area (Å²) >= 11 is 2.11. The molecule has 2 N–H and O–H groups in total. The molecule has 0 aliphatic carbocycles. The van der Waals surface area contributed by atoms with Crippen LogP contribution in [0.5, 0.6) is 0 Å². The summed E-state index contributed by atoms with van der Waals surface area (Å²) in [6.45, 7) is 2.34. The van der Waals surface area contributed by atoms with Gasteiger partial charge in [-0.2, -0.15) is 0 Å². The molecule has 0 heterocycles. The summed E-state index contributed by atoms with van der Waals surface area (Å²) in [4.78, 5) is 10.2. The Morgan fingerprint density at radius 3 is 2.92 bits per heavy atom. The smallest absolute Gasteiger partial charge is 0.404 e. The summed E-state index contributed by atoms with van der Waals surface area (Å²) in [5.74, 6) is 5.91. The van der Waals surface area contributed by atoms with Crippen molar-refractivity contribution in [1.82, 2.24) is 0 Å². The highest BCUT2D eigenvalue weighted by molar-refractivity contribution is 14.1. The molecule has 0 aromatic rings. The monoisotopic (exact) mass is 281 g/mol. The van der Waals surface area contributed by atoms with Gasteiger partial charge in [0.15, 0.2) is 0 Å².